The zero-order valence-electron chi connectivity index (χ0n) is 8.27. The van der Waals surface area contributed by atoms with E-state index in [9.17, 15) is 0 Å². The Balaban J connectivity index is 2.29. The standard InChI is InChI=1S/C10H20N2/c1-9(2)8-12(3)10-4-6-11-7-5-10/h10-11H,1,4-8H2,2-3H3. The second-order valence-corrected chi connectivity index (χ2v) is 3.85. The van der Waals surface area contributed by atoms with Crippen molar-refractivity contribution in [3.05, 3.63) is 12.2 Å². The number of rotatable bonds is 3. The summed E-state index contributed by atoms with van der Waals surface area (Å²) in [5.41, 5.74) is 1.26. The molecule has 0 radical (unpaired) electrons. The smallest absolute Gasteiger partial charge is 0.0187 e. The van der Waals surface area contributed by atoms with Crippen molar-refractivity contribution in [3.63, 3.8) is 0 Å². The third-order valence-electron chi connectivity index (χ3n) is 2.45. The van der Waals surface area contributed by atoms with E-state index >= 15 is 0 Å². The average molecular weight is 168 g/mol. The van der Waals surface area contributed by atoms with Crippen molar-refractivity contribution < 1.29 is 0 Å². The van der Waals surface area contributed by atoms with Crippen LogP contribution in [0.1, 0.15) is 19.8 Å². The molecule has 12 heavy (non-hydrogen) atoms. The maximum Gasteiger partial charge on any atom is 0.0187 e. The molecule has 0 aromatic rings. The summed E-state index contributed by atoms with van der Waals surface area (Å²) in [5.74, 6) is 0. The maximum atomic E-state index is 3.93. The maximum absolute atomic E-state index is 3.93. The Morgan fingerprint density at radius 1 is 1.50 bits per heavy atom. The van der Waals surface area contributed by atoms with Gasteiger partial charge >= 0.3 is 0 Å². The summed E-state index contributed by atoms with van der Waals surface area (Å²) in [5, 5.41) is 3.37. The van der Waals surface area contributed by atoms with E-state index in [2.05, 4.69) is 30.8 Å². The molecule has 0 atom stereocenters. The molecule has 1 saturated heterocycles. The quantitative estimate of drug-likeness (QED) is 0.638. The van der Waals surface area contributed by atoms with E-state index in [1.54, 1.807) is 0 Å². The number of piperidine rings is 1. The lowest BCUT2D eigenvalue weighted by atomic mass is 10.1. The van der Waals surface area contributed by atoms with Gasteiger partial charge in [-0.3, -0.25) is 4.90 Å². The SMILES string of the molecule is C=C(C)CN(C)C1CCNCC1. The highest BCUT2D eigenvalue weighted by molar-refractivity contribution is 4.93. The van der Waals surface area contributed by atoms with Crippen LogP contribution in [-0.2, 0) is 0 Å². The van der Waals surface area contributed by atoms with E-state index < -0.39 is 0 Å². The molecule has 0 saturated carbocycles. The van der Waals surface area contributed by atoms with E-state index in [4.69, 9.17) is 0 Å². The minimum absolute atomic E-state index is 0.767. The molecule has 1 N–H and O–H groups in total. The predicted octanol–water partition coefficient (Wildman–Crippen LogP) is 1.25. The molecule has 0 bridgehead atoms. The first-order chi connectivity index (χ1) is 5.70. The van der Waals surface area contributed by atoms with Gasteiger partial charge in [-0.1, -0.05) is 12.2 Å². The van der Waals surface area contributed by atoms with Gasteiger partial charge in [-0.05, 0) is 39.9 Å². The highest BCUT2D eigenvalue weighted by Gasteiger charge is 2.16. The summed E-state index contributed by atoms with van der Waals surface area (Å²) in [6.45, 7) is 9.42. The van der Waals surface area contributed by atoms with E-state index in [1.165, 1.54) is 31.5 Å². The predicted molar refractivity (Wildman–Crippen MR) is 53.3 cm³/mol. The molecule has 1 aliphatic heterocycles. The fourth-order valence-corrected chi connectivity index (χ4v) is 1.80. The van der Waals surface area contributed by atoms with E-state index in [1.807, 2.05) is 0 Å². The molecule has 70 valence electrons. The molecule has 1 heterocycles. The summed E-state index contributed by atoms with van der Waals surface area (Å²) < 4.78 is 0. The summed E-state index contributed by atoms with van der Waals surface area (Å²) in [7, 11) is 2.20. The van der Waals surface area contributed by atoms with Crippen molar-refractivity contribution >= 4 is 0 Å². The third kappa shape index (κ3) is 2.95. The van der Waals surface area contributed by atoms with Gasteiger partial charge in [-0.2, -0.15) is 0 Å². The molecule has 0 aromatic heterocycles. The summed E-state index contributed by atoms with van der Waals surface area (Å²) >= 11 is 0. The van der Waals surface area contributed by atoms with Crippen LogP contribution >= 0.6 is 0 Å². The van der Waals surface area contributed by atoms with Gasteiger partial charge in [0.05, 0.1) is 0 Å². The molecular formula is C10H20N2. The lowest BCUT2D eigenvalue weighted by Gasteiger charge is -2.31. The second kappa shape index (κ2) is 4.63. The molecule has 2 nitrogen and oxygen atoms in total. The van der Waals surface area contributed by atoms with Gasteiger partial charge < -0.3 is 5.32 Å². The second-order valence-electron chi connectivity index (χ2n) is 3.85. The van der Waals surface area contributed by atoms with Gasteiger partial charge in [0, 0.05) is 12.6 Å². The third-order valence-corrected chi connectivity index (χ3v) is 2.45. The Morgan fingerprint density at radius 3 is 2.58 bits per heavy atom. The summed E-state index contributed by atoms with van der Waals surface area (Å²) in [6, 6.07) is 0.767. The van der Waals surface area contributed by atoms with E-state index in [0.717, 1.165) is 12.6 Å². The van der Waals surface area contributed by atoms with Crippen molar-refractivity contribution in [2.24, 2.45) is 0 Å². The van der Waals surface area contributed by atoms with Gasteiger partial charge in [0.2, 0.25) is 0 Å². The van der Waals surface area contributed by atoms with E-state index in [0.29, 0.717) is 0 Å². The van der Waals surface area contributed by atoms with E-state index in [-0.39, 0.29) is 0 Å². The number of nitrogens with one attached hydrogen (secondary N) is 1. The molecule has 1 fully saturated rings. The highest BCUT2D eigenvalue weighted by atomic mass is 15.1. The Hall–Kier alpha value is -0.340. The van der Waals surface area contributed by atoms with Crippen LogP contribution in [0.4, 0.5) is 0 Å². The number of nitrogens with zero attached hydrogens (tertiary/aromatic N) is 1. The lowest BCUT2D eigenvalue weighted by molar-refractivity contribution is 0.213. The first-order valence-corrected chi connectivity index (χ1v) is 4.75. The van der Waals surface area contributed by atoms with Crippen molar-refractivity contribution in [1.82, 2.24) is 10.2 Å². The molecule has 0 aromatic carbocycles. The zero-order chi connectivity index (χ0) is 8.97. The largest absolute Gasteiger partial charge is 0.317 e. The Morgan fingerprint density at radius 2 is 2.08 bits per heavy atom. The minimum atomic E-state index is 0.767. The van der Waals surface area contributed by atoms with Gasteiger partial charge in [0.1, 0.15) is 0 Å². The first-order valence-electron chi connectivity index (χ1n) is 4.75. The molecule has 0 aliphatic carbocycles. The Bertz CT molecular complexity index is 148. The molecular weight excluding hydrogens is 148 g/mol. The lowest BCUT2D eigenvalue weighted by Crippen LogP contribution is -2.41. The first kappa shape index (κ1) is 9.75. The van der Waals surface area contributed by atoms with Gasteiger partial charge in [0.15, 0.2) is 0 Å². The van der Waals surface area contributed by atoms with Crippen LogP contribution in [0.15, 0.2) is 12.2 Å². The van der Waals surface area contributed by atoms with Crippen LogP contribution in [0.25, 0.3) is 0 Å². The van der Waals surface area contributed by atoms with Crippen molar-refractivity contribution in [2.75, 3.05) is 26.7 Å². The molecule has 1 aliphatic rings. The molecule has 0 spiro atoms. The van der Waals surface area contributed by atoms with Gasteiger partial charge in [-0.25, -0.2) is 0 Å². The van der Waals surface area contributed by atoms with Gasteiger partial charge in [-0.15, -0.1) is 0 Å². The average Bonchev–Trinajstić information content (AvgIpc) is 2.05. The minimum Gasteiger partial charge on any atom is -0.317 e. The van der Waals surface area contributed by atoms with Crippen LogP contribution < -0.4 is 5.32 Å². The molecule has 0 unspecified atom stereocenters. The van der Waals surface area contributed by atoms with Crippen molar-refractivity contribution in [3.8, 4) is 0 Å². The molecule has 2 heteroatoms. The van der Waals surface area contributed by atoms with Crippen LogP contribution in [0.3, 0.4) is 0 Å². The van der Waals surface area contributed by atoms with Gasteiger partial charge in [0.25, 0.3) is 0 Å². The molecule has 1 rings (SSSR count). The Kier molecular flexibility index (Phi) is 3.76. The number of likely N-dealkylation sites (N-methyl/N-ethyl adjacent to an activating group) is 1. The normalized spacial score (nSPS) is 19.9. The topological polar surface area (TPSA) is 15.3 Å². The van der Waals surface area contributed by atoms with Crippen LogP contribution in [0.2, 0.25) is 0 Å². The fourth-order valence-electron chi connectivity index (χ4n) is 1.80. The van der Waals surface area contributed by atoms with Crippen molar-refractivity contribution in [1.29, 1.82) is 0 Å². The zero-order valence-corrected chi connectivity index (χ0v) is 8.27. The van der Waals surface area contributed by atoms with Crippen LogP contribution in [0.5, 0.6) is 0 Å². The monoisotopic (exact) mass is 168 g/mol. The Labute approximate surface area is 75.6 Å². The number of hydrogen-bond donors (Lipinski definition) is 1. The fraction of sp³-hybridized carbons (Fsp3) is 0.800. The summed E-state index contributed by atoms with van der Waals surface area (Å²) in [6.07, 6.45) is 2.56. The summed E-state index contributed by atoms with van der Waals surface area (Å²) in [4.78, 5) is 2.42. The van der Waals surface area contributed by atoms with Crippen molar-refractivity contribution in [2.45, 2.75) is 25.8 Å². The molecule has 0 amide bonds. The highest BCUT2D eigenvalue weighted by Crippen LogP contribution is 2.10. The van der Waals surface area contributed by atoms with Crippen LogP contribution in [-0.4, -0.2) is 37.6 Å². The van der Waals surface area contributed by atoms with Crippen LogP contribution in [0, 0.1) is 0 Å². The number of hydrogen-bond acceptors (Lipinski definition) is 2.